The van der Waals surface area contributed by atoms with Gasteiger partial charge in [0.2, 0.25) is 0 Å². The molecule has 0 radical (unpaired) electrons. The van der Waals surface area contributed by atoms with E-state index in [0.717, 1.165) is 23.9 Å². The van der Waals surface area contributed by atoms with E-state index in [4.69, 9.17) is 0 Å². The molecule has 0 aliphatic heterocycles. The number of thiophene rings is 1. The standard InChI is InChI=1S/C15H17Br2NS/c1-2-7-18-15(9-14-8-13(17)10-19-14)11-3-5-12(16)6-4-11/h3-6,8,10,15,18H,2,7,9H2,1H3. The Labute approximate surface area is 135 Å². The lowest BCUT2D eigenvalue weighted by Crippen LogP contribution is -2.23. The van der Waals surface area contributed by atoms with Crippen molar-refractivity contribution < 1.29 is 0 Å². The van der Waals surface area contributed by atoms with Crippen LogP contribution in [0.15, 0.2) is 44.7 Å². The molecule has 19 heavy (non-hydrogen) atoms. The van der Waals surface area contributed by atoms with E-state index in [0.29, 0.717) is 6.04 Å². The lowest BCUT2D eigenvalue weighted by molar-refractivity contribution is 0.532. The first-order valence-corrected chi connectivity index (χ1v) is 8.87. The number of benzene rings is 1. The Bertz CT molecular complexity index is 507. The monoisotopic (exact) mass is 401 g/mol. The smallest absolute Gasteiger partial charge is 0.0368 e. The van der Waals surface area contributed by atoms with E-state index in [2.05, 4.69) is 79.8 Å². The molecule has 0 aliphatic rings. The van der Waals surface area contributed by atoms with Crippen LogP contribution in [0.4, 0.5) is 0 Å². The highest BCUT2D eigenvalue weighted by atomic mass is 79.9. The lowest BCUT2D eigenvalue weighted by atomic mass is 10.0. The number of rotatable bonds is 6. The molecule has 1 unspecified atom stereocenters. The third-order valence-electron chi connectivity index (χ3n) is 2.94. The van der Waals surface area contributed by atoms with Crippen molar-refractivity contribution in [1.82, 2.24) is 5.32 Å². The molecule has 1 aromatic heterocycles. The third-order valence-corrected chi connectivity index (χ3v) is 5.19. The third kappa shape index (κ3) is 4.71. The fourth-order valence-electron chi connectivity index (χ4n) is 1.98. The van der Waals surface area contributed by atoms with Gasteiger partial charge >= 0.3 is 0 Å². The van der Waals surface area contributed by atoms with Crippen LogP contribution >= 0.6 is 43.2 Å². The molecule has 102 valence electrons. The van der Waals surface area contributed by atoms with Gasteiger partial charge < -0.3 is 5.32 Å². The maximum atomic E-state index is 3.64. The van der Waals surface area contributed by atoms with Gasteiger partial charge in [-0.2, -0.15) is 0 Å². The summed E-state index contributed by atoms with van der Waals surface area (Å²) in [6, 6.07) is 11.2. The fraction of sp³-hybridized carbons (Fsp3) is 0.333. The summed E-state index contributed by atoms with van der Waals surface area (Å²) >= 11 is 8.83. The van der Waals surface area contributed by atoms with Gasteiger partial charge in [0, 0.05) is 31.7 Å². The Morgan fingerprint density at radius 2 is 1.89 bits per heavy atom. The summed E-state index contributed by atoms with van der Waals surface area (Å²) in [4.78, 5) is 1.41. The van der Waals surface area contributed by atoms with E-state index < -0.39 is 0 Å². The van der Waals surface area contributed by atoms with Crippen molar-refractivity contribution in [2.45, 2.75) is 25.8 Å². The van der Waals surface area contributed by atoms with Gasteiger partial charge in [-0.3, -0.25) is 0 Å². The second-order valence-corrected chi connectivity index (χ2v) is 7.32. The summed E-state index contributed by atoms with van der Waals surface area (Å²) in [6.45, 7) is 3.25. The largest absolute Gasteiger partial charge is 0.310 e. The second kappa shape index (κ2) is 7.58. The highest BCUT2D eigenvalue weighted by Crippen LogP contribution is 2.26. The molecule has 1 heterocycles. The quantitative estimate of drug-likeness (QED) is 0.667. The first kappa shape index (κ1) is 15.2. The van der Waals surface area contributed by atoms with Crippen LogP contribution in [0.2, 0.25) is 0 Å². The van der Waals surface area contributed by atoms with Crippen LogP contribution in [0.25, 0.3) is 0 Å². The summed E-state index contributed by atoms with van der Waals surface area (Å²) in [5.74, 6) is 0. The molecular formula is C15H17Br2NS. The summed E-state index contributed by atoms with van der Waals surface area (Å²) in [6.07, 6.45) is 2.19. The molecule has 2 aromatic rings. The summed E-state index contributed by atoms with van der Waals surface area (Å²) in [5, 5.41) is 5.79. The van der Waals surface area contributed by atoms with Crippen molar-refractivity contribution in [2.75, 3.05) is 6.54 Å². The van der Waals surface area contributed by atoms with Crippen LogP contribution < -0.4 is 5.32 Å². The molecule has 0 fully saturated rings. The van der Waals surface area contributed by atoms with Crippen LogP contribution in [0.3, 0.4) is 0 Å². The fourth-order valence-corrected chi connectivity index (χ4v) is 3.75. The molecule has 1 aromatic carbocycles. The minimum Gasteiger partial charge on any atom is -0.310 e. The SMILES string of the molecule is CCCNC(Cc1cc(Br)cs1)c1ccc(Br)cc1. The molecule has 0 bridgehead atoms. The van der Waals surface area contributed by atoms with Crippen molar-refractivity contribution in [3.8, 4) is 0 Å². The lowest BCUT2D eigenvalue weighted by Gasteiger charge is -2.18. The van der Waals surface area contributed by atoms with Gasteiger partial charge in [-0.05, 0) is 52.7 Å². The van der Waals surface area contributed by atoms with Crippen molar-refractivity contribution in [3.63, 3.8) is 0 Å². The van der Waals surface area contributed by atoms with Gasteiger partial charge in [-0.15, -0.1) is 11.3 Å². The summed E-state index contributed by atoms with van der Waals surface area (Å²) in [5.41, 5.74) is 1.35. The number of nitrogens with one attached hydrogen (secondary N) is 1. The molecule has 0 amide bonds. The minimum atomic E-state index is 0.388. The molecule has 0 saturated heterocycles. The normalized spacial score (nSPS) is 12.6. The van der Waals surface area contributed by atoms with E-state index in [1.807, 2.05) is 11.3 Å². The van der Waals surface area contributed by atoms with Crippen molar-refractivity contribution in [1.29, 1.82) is 0 Å². The van der Waals surface area contributed by atoms with Crippen LogP contribution in [0.1, 0.15) is 29.8 Å². The molecular weight excluding hydrogens is 386 g/mol. The number of hydrogen-bond donors (Lipinski definition) is 1. The second-order valence-electron chi connectivity index (χ2n) is 4.49. The average molecular weight is 403 g/mol. The molecule has 1 N–H and O–H groups in total. The van der Waals surface area contributed by atoms with Crippen LogP contribution in [-0.2, 0) is 6.42 Å². The number of halogens is 2. The molecule has 0 aliphatic carbocycles. The first-order valence-electron chi connectivity index (χ1n) is 6.40. The predicted molar refractivity (Wildman–Crippen MR) is 90.9 cm³/mol. The maximum absolute atomic E-state index is 3.64. The Balaban J connectivity index is 2.13. The highest BCUT2D eigenvalue weighted by Gasteiger charge is 2.12. The Morgan fingerprint density at radius 3 is 2.47 bits per heavy atom. The van der Waals surface area contributed by atoms with Gasteiger partial charge in [0.05, 0.1) is 0 Å². The molecule has 2 rings (SSSR count). The summed E-state index contributed by atoms with van der Waals surface area (Å²) in [7, 11) is 0. The first-order chi connectivity index (χ1) is 9.19. The minimum absolute atomic E-state index is 0.388. The molecule has 1 atom stereocenters. The molecule has 0 spiro atoms. The number of hydrogen-bond acceptors (Lipinski definition) is 2. The van der Waals surface area contributed by atoms with Crippen molar-refractivity contribution in [2.24, 2.45) is 0 Å². The van der Waals surface area contributed by atoms with Crippen molar-refractivity contribution in [3.05, 3.63) is 55.1 Å². The zero-order valence-corrected chi connectivity index (χ0v) is 14.8. The highest BCUT2D eigenvalue weighted by molar-refractivity contribution is 9.10. The van der Waals surface area contributed by atoms with Gasteiger partial charge in [-0.1, -0.05) is 35.0 Å². The zero-order valence-electron chi connectivity index (χ0n) is 10.8. The van der Waals surface area contributed by atoms with E-state index in [9.17, 15) is 0 Å². The predicted octanol–water partition coefficient (Wildman–Crippen LogP) is 5.56. The topological polar surface area (TPSA) is 12.0 Å². The van der Waals surface area contributed by atoms with Crippen LogP contribution in [0.5, 0.6) is 0 Å². The van der Waals surface area contributed by atoms with Gasteiger partial charge in [-0.25, -0.2) is 0 Å². The Kier molecular flexibility index (Phi) is 6.07. The molecule has 0 saturated carbocycles. The summed E-state index contributed by atoms with van der Waals surface area (Å²) < 4.78 is 2.31. The Hall–Kier alpha value is -0.160. The maximum Gasteiger partial charge on any atom is 0.0368 e. The molecule has 4 heteroatoms. The van der Waals surface area contributed by atoms with Crippen molar-refractivity contribution >= 4 is 43.2 Å². The van der Waals surface area contributed by atoms with Gasteiger partial charge in [0.15, 0.2) is 0 Å². The van der Waals surface area contributed by atoms with E-state index in [-0.39, 0.29) is 0 Å². The van der Waals surface area contributed by atoms with E-state index in [1.165, 1.54) is 14.9 Å². The van der Waals surface area contributed by atoms with Gasteiger partial charge in [0.1, 0.15) is 0 Å². The van der Waals surface area contributed by atoms with Crippen LogP contribution in [0, 0.1) is 0 Å². The van der Waals surface area contributed by atoms with Gasteiger partial charge in [0.25, 0.3) is 0 Å². The average Bonchev–Trinajstić information content (AvgIpc) is 2.81. The van der Waals surface area contributed by atoms with E-state index in [1.54, 1.807) is 0 Å². The van der Waals surface area contributed by atoms with Crippen LogP contribution in [-0.4, -0.2) is 6.54 Å². The Morgan fingerprint density at radius 1 is 1.16 bits per heavy atom. The van der Waals surface area contributed by atoms with E-state index >= 15 is 0 Å². The zero-order chi connectivity index (χ0) is 13.7. The molecule has 1 nitrogen and oxygen atoms in total.